The third-order valence-corrected chi connectivity index (χ3v) is 10.7. The fraction of sp³-hybridized carbons (Fsp3) is 0.0204. The number of benzene rings is 8. The number of halogens is 1. The lowest BCUT2D eigenvalue weighted by molar-refractivity contribution is 0.617. The second kappa shape index (κ2) is 12.0. The molecule has 2 aliphatic rings. The first kappa shape index (κ1) is 30.1. The van der Waals surface area contributed by atoms with E-state index in [9.17, 15) is 0 Å². The van der Waals surface area contributed by atoms with Gasteiger partial charge in [0.1, 0.15) is 5.82 Å². The number of nitrogens with zero attached hydrogens (tertiary/aromatic N) is 2. The molecule has 0 aliphatic carbocycles. The second-order valence-corrected chi connectivity index (χ2v) is 13.5. The van der Waals surface area contributed by atoms with Gasteiger partial charge in [0.2, 0.25) is 0 Å². The lowest BCUT2D eigenvalue weighted by atomic mass is 9.60. The molecule has 2 heterocycles. The molecule has 0 fully saturated rings. The summed E-state index contributed by atoms with van der Waals surface area (Å²) < 4.78 is 15.8. The van der Waals surface area contributed by atoms with Crippen molar-refractivity contribution in [3.63, 3.8) is 0 Å². The molecule has 10 rings (SSSR count). The van der Waals surface area contributed by atoms with Crippen LogP contribution >= 0.6 is 0 Å². The monoisotopic (exact) mass is 668 g/mol. The Morgan fingerprint density at radius 3 is 1.08 bits per heavy atom. The lowest BCUT2D eigenvalue weighted by Crippen LogP contribution is -2.42. The van der Waals surface area contributed by atoms with E-state index in [1.807, 2.05) is 18.2 Å². The van der Waals surface area contributed by atoms with E-state index in [-0.39, 0.29) is 5.82 Å². The average Bonchev–Trinajstić information content (AvgIpc) is 3.22. The van der Waals surface area contributed by atoms with Crippen molar-refractivity contribution < 1.29 is 4.39 Å². The van der Waals surface area contributed by atoms with Gasteiger partial charge in [-0.25, -0.2) is 4.39 Å². The van der Waals surface area contributed by atoms with Crippen LogP contribution in [0.2, 0.25) is 0 Å². The summed E-state index contributed by atoms with van der Waals surface area (Å²) in [7, 11) is 0. The van der Waals surface area contributed by atoms with Gasteiger partial charge in [0.05, 0.1) is 28.2 Å². The largest absolute Gasteiger partial charge is 0.310 e. The fourth-order valence-corrected chi connectivity index (χ4v) is 8.51. The van der Waals surface area contributed by atoms with Gasteiger partial charge < -0.3 is 9.80 Å². The van der Waals surface area contributed by atoms with E-state index in [2.05, 4.69) is 180 Å². The highest BCUT2D eigenvalue weighted by Crippen LogP contribution is 2.64. The van der Waals surface area contributed by atoms with E-state index in [1.165, 1.54) is 16.7 Å². The topological polar surface area (TPSA) is 6.48 Å². The zero-order valence-corrected chi connectivity index (χ0v) is 28.3. The molecule has 8 aromatic carbocycles. The number of fused-ring (bicyclic) bond motifs is 8. The molecule has 3 heteroatoms. The van der Waals surface area contributed by atoms with Crippen LogP contribution < -0.4 is 9.80 Å². The van der Waals surface area contributed by atoms with E-state index in [4.69, 9.17) is 0 Å². The van der Waals surface area contributed by atoms with Crippen LogP contribution in [0.3, 0.4) is 0 Å². The molecule has 0 bridgehead atoms. The van der Waals surface area contributed by atoms with Crippen LogP contribution in [0, 0.1) is 5.82 Å². The highest BCUT2D eigenvalue weighted by atomic mass is 19.1. The maximum absolute atomic E-state index is 15.8. The number of rotatable bonds is 4. The van der Waals surface area contributed by atoms with Crippen LogP contribution in [0.1, 0.15) is 22.3 Å². The smallest absolute Gasteiger partial charge is 0.123 e. The summed E-state index contributed by atoms with van der Waals surface area (Å²) in [5, 5.41) is 0. The first-order valence-electron chi connectivity index (χ1n) is 17.7. The third-order valence-electron chi connectivity index (χ3n) is 10.7. The van der Waals surface area contributed by atoms with Crippen molar-refractivity contribution in [2.45, 2.75) is 5.41 Å². The highest BCUT2D eigenvalue weighted by Gasteiger charge is 2.51. The number of para-hydroxylation sites is 3. The van der Waals surface area contributed by atoms with Gasteiger partial charge in [0.15, 0.2) is 0 Å². The van der Waals surface area contributed by atoms with Crippen LogP contribution in [-0.2, 0) is 5.41 Å². The predicted octanol–water partition coefficient (Wildman–Crippen LogP) is 13.1. The third kappa shape index (κ3) is 4.49. The second-order valence-electron chi connectivity index (χ2n) is 13.5. The molecular weight excluding hydrogens is 636 g/mol. The van der Waals surface area contributed by atoms with Crippen molar-refractivity contribution in [3.05, 3.63) is 228 Å². The van der Waals surface area contributed by atoms with E-state index in [1.54, 1.807) is 12.1 Å². The SMILES string of the molecule is Fc1ccc2c(c1)C1(c3ccccc3N(c3ccc(-c4ccccc4)cc3)c3ccccc31)c1ccccc1N2c1ccc(-c2ccccc2)cc1. The van der Waals surface area contributed by atoms with Crippen LogP contribution in [-0.4, -0.2) is 0 Å². The summed E-state index contributed by atoms with van der Waals surface area (Å²) in [5.74, 6) is -0.259. The standard InChI is InChI=1S/C49H33FN2/c50-38-27-32-48-44(33-38)49(43-19-9-12-22-47(43)52(48)40-30-25-37(26-31-40)35-15-5-2-6-16-35)41-17-7-10-20-45(41)51(46-21-11-8-18-42(46)49)39-28-23-36(24-29-39)34-13-3-1-4-14-34/h1-33H. The number of hydrogen-bond acceptors (Lipinski definition) is 2. The summed E-state index contributed by atoms with van der Waals surface area (Å²) in [4.78, 5) is 4.66. The molecule has 0 unspecified atom stereocenters. The Balaban J connectivity index is 1.20. The zero-order chi connectivity index (χ0) is 34.6. The summed E-state index contributed by atoms with van der Waals surface area (Å²) in [6.45, 7) is 0. The summed E-state index contributed by atoms with van der Waals surface area (Å²) in [5.41, 5.74) is 14.4. The number of anilines is 6. The molecule has 246 valence electrons. The van der Waals surface area contributed by atoms with E-state index >= 15 is 4.39 Å². The molecule has 0 aromatic heterocycles. The predicted molar refractivity (Wildman–Crippen MR) is 212 cm³/mol. The molecule has 0 saturated carbocycles. The molecule has 2 nitrogen and oxygen atoms in total. The maximum Gasteiger partial charge on any atom is 0.123 e. The summed E-state index contributed by atoms with van der Waals surface area (Å²) in [6.07, 6.45) is 0. The Morgan fingerprint density at radius 2 is 0.654 bits per heavy atom. The minimum Gasteiger partial charge on any atom is -0.310 e. The molecular formula is C49H33FN2. The van der Waals surface area contributed by atoms with Gasteiger partial charge in [-0.2, -0.15) is 0 Å². The molecule has 1 spiro atoms. The molecule has 52 heavy (non-hydrogen) atoms. The molecule has 0 saturated heterocycles. The average molecular weight is 669 g/mol. The van der Waals surface area contributed by atoms with Gasteiger partial charge in [-0.3, -0.25) is 0 Å². The zero-order valence-electron chi connectivity index (χ0n) is 28.3. The van der Waals surface area contributed by atoms with Crippen molar-refractivity contribution >= 4 is 34.1 Å². The van der Waals surface area contributed by atoms with Crippen molar-refractivity contribution in [1.29, 1.82) is 0 Å². The highest BCUT2D eigenvalue weighted by molar-refractivity contribution is 5.96. The summed E-state index contributed by atoms with van der Waals surface area (Å²) in [6, 6.07) is 69.6. The van der Waals surface area contributed by atoms with E-state index < -0.39 is 5.41 Å². The van der Waals surface area contributed by atoms with E-state index in [0.29, 0.717) is 0 Å². The maximum atomic E-state index is 15.8. The number of hydrogen-bond donors (Lipinski definition) is 0. The van der Waals surface area contributed by atoms with Crippen LogP contribution in [0.4, 0.5) is 38.5 Å². The van der Waals surface area contributed by atoms with Gasteiger partial charge in [0.25, 0.3) is 0 Å². The lowest BCUT2D eigenvalue weighted by Gasteiger charge is -2.51. The molecule has 0 radical (unpaired) electrons. The van der Waals surface area contributed by atoms with Crippen LogP contribution in [0.15, 0.2) is 200 Å². The van der Waals surface area contributed by atoms with E-state index in [0.717, 1.165) is 61.9 Å². The quantitative estimate of drug-likeness (QED) is 0.184. The van der Waals surface area contributed by atoms with Crippen LogP contribution in [0.5, 0.6) is 0 Å². The first-order valence-corrected chi connectivity index (χ1v) is 17.7. The minimum absolute atomic E-state index is 0.259. The van der Waals surface area contributed by atoms with Gasteiger partial charge in [0, 0.05) is 11.4 Å². The van der Waals surface area contributed by atoms with Crippen molar-refractivity contribution in [1.82, 2.24) is 0 Å². The Bertz CT molecular complexity index is 2470. The normalized spacial score (nSPS) is 13.6. The molecule has 0 amide bonds. The van der Waals surface area contributed by atoms with Gasteiger partial charge >= 0.3 is 0 Å². The Labute approximate surface area is 303 Å². The molecule has 0 atom stereocenters. The van der Waals surface area contributed by atoms with Crippen LogP contribution in [0.25, 0.3) is 22.3 Å². The Kier molecular flexibility index (Phi) is 6.94. The van der Waals surface area contributed by atoms with Gasteiger partial charge in [-0.05, 0) is 105 Å². The first-order chi connectivity index (χ1) is 25.7. The summed E-state index contributed by atoms with van der Waals surface area (Å²) >= 11 is 0. The minimum atomic E-state index is -0.790. The molecule has 2 aliphatic heterocycles. The fourth-order valence-electron chi connectivity index (χ4n) is 8.51. The van der Waals surface area contributed by atoms with Crippen molar-refractivity contribution in [2.24, 2.45) is 0 Å². The van der Waals surface area contributed by atoms with Crippen molar-refractivity contribution in [2.75, 3.05) is 9.80 Å². The van der Waals surface area contributed by atoms with Crippen molar-refractivity contribution in [3.8, 4) is 22.3 Å². The molecule has 8 aromatic rings. The Morgan fingerprint density at radius 1 is 0.308 bits per heavy atom. The Hall–Kier alpha value is -6.71. The molecule has 0 N–H and O–H groups in total. The van der Waals surface area contributed by atoms with Gasteiger partial charge in [-0.15, -0.1) is 0 Å². The van der Waals surface area contributed by atoms with Gasteiger partial charge in [-0.1, -0.05) is 140 Å².